The predicted octanol–water partition coefficient (Wildman–Crippen LogP) is 3.27. The van der Waals surface area contributed by atoms with Gasteiger partial charge >= 0.3 is 0 Å². The molecule has 1 aliphatic heterocycles. The highest BCUT2D eigenvalue weighted by molar-refractivity contribution is 14.1. The molecule has 0 unspecified atom stereocenters. The van der Waals surface area contributed by atoms with Crippen LogP contribution in [-0.2, 0) is 0 Å². The first-order valence-electron chi connectivity index (χ1n) is 7.19. The number of benzene rings is 1. The number of anilines is 1. The zero-order valence-corrected chi connectivity index (χ0v) is 13.8. The van der Waals surface area contributed by atoms with Crippen LogP contribution in [0.25, 0.3) is 0 Å². The number of halogens is 1. The van der Waals surface area contributed by atoms with E-state index in [1.54, 1.807) is 0 Å². The summed E-state index contributed by atoms with van der Waals surface area (Å²) in [5.41, 5.74) is 1.60. The fourth-order valence-corrected chi connectivity index (χ4v) is 3.26. The number of nitrogens with zero attached hydrogens (tertiary/aromatic N) is 1. The van der Waals surface area contributed by atoms with Crippen molar-refractivity contribution >= 4 is 34.2 Å². The quantitative estimate of drug-likeness (QED) is 0.784. The summed E-state index contributed by atoms with van der Waals surface area (Å²) in [6.45, 7) is 2.03. The number of aromatic nitrogens is 1. The molecule has 0 saturated carbocycles. The molecule has 1 fully saturated rings. The van der Waals surface area contributed by atoms with Gasteiger partial charge in [-0.2, -0.15) is 0 Å². The van der Waals surface area contributed by atoms with E-state index in [4.69, 9.17) is 0 Å². The van der Waals surface area contributed by atoms with Gasteiger partial charge in [0, 0.05) is 15.8 Å². The zero-order valence-electron chi connectivity index (χ0n) is 11.7. The lowest BCUT2D eigenvalue weighted by Crippen LogP contribution is -2.31. The minimum absolute atomic E-state index is 0.0392. The van der Waals surface area contributed by atoms with Gasteiger partial charge in [0.15, 0.2) is 0 Å². The minimum atomic E-state index is -0.0392. The third-order valence-corrected chi connectivity index (χ3v) is 4.78. The van der Waals surface area contributed by atoms with Crippen LogP contribution in [0.15, 0.2) is 42.6 Å². The number of carbonyl (C=O) groups is 1. The largest absolute Gasteiger partial charge is 0.340 e. The molecule has 0 aliphatic carbocycles. The van der Waals surface area contributed by atoms with Crippen LogP contribution in [0.3, 0.4) is 0 Å². The molecule has 3 rings (SSSR count). The molecule has 0 spiro atoms. The van der Waals surface area contributed by atoms with E-state index in [9.17, 15) is 4.79 Å². The van der Waals surface area contributed by atoms with Crippen LogP contribution in [0.1, 0.15) is 29.4 Å². The maximum atomic E-state index is 12.5. The number of hydrogen-bond acceptors (Lipinski definition) is 2. The standard InChI is InChI=1S/C16H18IN3O/c17-13-4-1-2-5-14(13)19-16(21)15-6-3-11-20(15)12-7-9-18-10-8-12/h1-6,11-12,18H,7-10H2,(H,19,21). The summed E-state index contributed by atoms with van der Waals surface area (Å²) < 4.78 is 3.16. The van der Waals surface area contributed by atoms with E-state index in [1.165, 1.54) is 0 Å². The van der Waals surface area contributed by atoms with Gasteiger partial charge in [-0.1, -0.05) is 12.1 Å². The molecule has 5 heteroatoms. The van der Waals surface area contributed by atoms with E-state index in [0.717, 1.165) is 40.9 Å². The molecule has 1 aromatic heterocycles. The van der Waals surface area contributed by atoms with Gasteiger partial charge in [-0.25, -0.2) is 0 Å². The van der Waals surface area contributed by atoms with Crippen LogP contribution in [-0.4, -0.2) is 23.6 Å². The topological polar surface area (TPSA) is 46.1 Å². The Bertz CT molecular complexity index is 632. The lowest BCUT2D eigenvalue weighted by atomic mass is 10.1. The Balaban J connectivity index is 1.79. The molecule has 0 atom stereocenters. The smallest absolute Gasteiger partial charge is 0.272 e. The van der Waals surface area contributed by atoms with Crippen molar-refractivity contribution in [3.63, 3.8) is 0 Å². The van der Waals surface area contributed by atoms with Gasteiger partial charge in [-0.05, 0) is 72.8 Å². The zero-order chi connectivity index (χ0) is 14.7. The summed E-state index contributed by atoms with van der Waals surface area (Å²) in [6, 6.07) is 12.1. The van der Waals surface area contributed by atoms with E-state index >= 15 is 0 Å². The van der Waals surface area contributed by atoms with E-state index in [2.05, 4.69) is 37.8 Å². The fourth-order valence-electron chi connectivity index (χ4n) is 2.74. The number of para-hydroxylation sites is 1. The van der Waals surface area contributed by atoms with Crippen LogP contribution >= 0.6 is 22.6 Å². The Hall–Kier alpha value is -1.34. The maximum absolute atomic E-state index is 12.5. The first-order chi connectivity index (χ1) is 10.3. The van der Waals surface area contributed by atoms with Gasteiger partial charge in [-0.3, -0.25) is 4.79 Å². The second-order valence-electron chi connectivity index (χ2n) is 5.22. The predicted molar refractivity (Wildman–Crippen MR) is 92.7 cm³/mol. The van der Waals surface area contributed by atoms with E-state index in [1.807, 2.05) is 42.6 Å². The minimum Gasteiger partial charge on any atom is -0.340 e. The highest BCUT2D eigenvalue weighted by Crippen LogP contribution is 2.23. The van der Waals surface area contributed by atoms with Crippen molar-refractivity contribution in [2.45, 2.75) is 18.9 Å². The fraction of sp³-hybridized carbons (Fsp3) is 0.312. The lowest BCUT2D eigenvalue weighted by Gasteiger charge is -2.26. The second-order valence-corrected chi connectivity index (χ2v) is 6.38. The second kappa shape index (κ2) is 6.62. The molecular formula is C16H18IN3O. The highest BCUT2D eigenvalue weighted by Gasteiger charge is 2.20. The normalized spacial score (nSPS) is 15.9. The number of hydrogen-bond donors (Lipinski definition) is 2. The number of rotatable bonds is 3. The third-order valence-electron chi connectivity index (χ3n) is 3.84. The lowest BCUT2D eigenvalue weighted by molar-refractivity contribution is 0.101. The van der Waals surface area contributed by atoms with Crippen molar-refractivity contribution in [3.05, 3.63) is 51.9 Å². The highest BCUT2D eigenvalue weighted by atomic mass is 127. The monoisotopic (exact) mass is 395 g/mol. The van der Waals surface area contributed by atoms with Gasteiger partial charge in [0.05, 0.1) is 5.69 Å². The Labute approximate surface area is 138 Å². The summed E-state index contributed by atoms with van der Waals surface area (Å²) in [4.78, 5) is 12.5. The maximum Gasteiger partial charge on any atom is 0.272 e. The first-order valence-corrected chi connectivity index (χ1v) is 8.27. The third kappa shape index (κ3) is 3.29. The number of carbonyl (C=O) groups excluding carboxylic acids is 1. The molecule has 1 aliphatic rings. The van der Waals surface area contributed by atoms with Gasteiger partial charge in [0.2, 0.25) is 0 Å². The van der Waals surface area contributed by atoms with Crippen molar-refractivity contribution in [2.75, 3.05) is 18.4 Å². The number of nitrogens with one attached hydrogen (secondary N) is 2. The van der Waals surface area contributed by atoms with Crippen LogP contribution < -0.4 is 10.6 Å². The van der Waals surface area contributed by atoms with Crippen molar-refractivity contribution in [3.8, 4) is 0 Å². The Morgan fingerprint density at radius 2 is 1.95 bits per heavy atom. The molecule has 21 heavy (non-hydrogen) atoms. The number of amides is 1. The average Bonchev–Trinajstić information content (AvgIpc) is 3.00. The molecule has 0 bridgehead atoms. The van der Waals surface area contributed by atoms with Crippen molar-refractivity contribution < 1.29 is 4.79 Å². The Kier molecular flexibility index (Phi) is 4.60. The molecule has 1 aromatic carbocycles. The van der Waals surface area contributed by atoms with Gasteiger partial charge < -0.3 is 15.2 Å². The molecule has 0 radical (unpaired) electrons. The average molecular weight is 395 g/mol. The van der Waals surface area contributed by atoms with Crippen molar-refractivity contribution in [2.24, 2.45) is 0 Å². The SMILES string of the molecule is O=C(Nc1ccccc1I)c1cccn1C1CCNCC1. The van der Waals surface area contributed by atoms with Gasteiger partial charge in [0.25, 0.3) is 5.91 Å². The molecule has 1 amide bonds. The van der Waals surface area contributed by atoms with Crippen molar-refractivity contribution in [1.29, 1.82) is 0 Å². The van der Waals surface area contributed by atoms with Crippen LogP contribution in [0, 0.1) is 3.57 Å². The molecule has 2 heterocycles. The molecule has 1 saturated heterocycles. The summed E-state index contributed by atoms with van der Waals surface area (Å²) in [7, 11) is 0. The molecule has 2 aromatic rings. The first kappa shape index (κ1) is 14.6. The molecule has 4 nitrogen and oxygen atoms in total. The van der Waals surface area contributed by atoms with E-state index in [-0.39, 0.29) is 5.91 Å². The van der Waals surface area contributed by atoms with Crippen LogP contribution in [0.2, 0.25) is 0 Å². The van der Waals surface area contributed by atoms with Crippen molar-refractivity contribution in [1.82, 2.24) is 9.88 Å². The molecular weight excluding hydrogens is 377 g/mol. The summed E-state index contributed by atoms with van der Waals surface area (Å²) >= 11 is 2.23. The Morgan fingerprint density at radius 3 is 2.71 bits per heavy atom. The van der Waals surface area contributed by atoms with Gasteiger partial charge in [-0.15, -0.1) is 0 Å². The van der Waals surface area contributed by atoms with Crippen LogP contribution in [0.4, 0.5) is 5.69 Å². The Morgan fingerprint density at radius 1 is 1.19 bits per heavy atom. The van der Waals surface area contributed by atoms with Gasteiger partial charge in [0.1, 0.15) is 5.69 Å². The van der Waals surface area contributed by atoms with Crippen LogP contribution in [0.5, 0.6) is 0 Å². The molecule has 110 valence electrons. The molecule has 2 N–H and O–H groups in total. The van der Waals surface area contributed by atoms with E-state index in [0.29, 0.717) is 6.04 Å². The summed E-state index contributed by atoms with van der Waals surface area (Å²) in [5.74, 6) is -0.0392. The number of piperidine rings is 1. The summed E-state index contributed by atoms with van der Waals surface area (Å²) in [6.07, 6.45) is 4.15. The van der Waals surface area contributed by atoms with E-state index < -0.39 is 0 Å². The summed E-state index contributed by atoms with van der Waals surface area (Å²) in [5, 5.41) is 6.37.